The van der Waals surface area contributed by atoms with Gasteiger partial charge in [0.15, 0.2) is 0 Å². The second-order valence-corrected chi connectivity index (χ2v) is 7.90. The molecule has 3 heterocycles. The Morgan fingerprint density at radius 3 is 2.93 bits per heavy atom. The fourth-order valence-corrected chi connectivity index (χ4v) is 4.45. The molecule has 1 aromatic carbocycles. The smallest absolute Gasteiger partial charge is 0.263 e. The zero-order chi connectivity index (χ0) is 18.8. The van der Waals surface area contributed by atoms with Gasteiger partial charge in [-0.3, -0.25) is 14.2 Å². The third-order valence-electron chi connectivity index (χ3n) is 4.78. The number of aromatic nitrogens is 2. The lowest BCUT2D eigenvalue weighted by Crippen LogP contribution is -2.36. The maximum Gasteiger partial charge on any atom is 0.263 e. The van der Waals surface area contributed by atoms with E-state index in [9.17, 15) is 9.59 Å². The first-order valence-electron chi connectivity index (χ1n) is 9.06. The predicted octanol–water partition coefficient (Wildman–Crippen LogP) is 2.73. The van der Waals surface area contributed by atoms with E-state index < -0.39 is 0 Å². The third-order valence-corrected chi connectivity index (χ3v) is 5.80. The summed E-state index contributed by atoms with van der Waals surface area (Å²) in [4.78, 5) is 31.5. The summed E-state index contributed by atoms with van der Waals surface area (Å²) >= 11 is 1.50. The molecule has 3 aromatic rings. The number of hydrogen-bond acceptors (Lipinski definition) is 5. The highest BCUT2D eigenvalue weighted by Gasteiger charge is 2.19. The van der Waals surface area contributed by atoms with Crippen LogP contribution in [0.15, 0.2) is 41.5 Å². The molecular formula is C20H21N3O3S. The molecule has 0 saturated carbocycles. The van der Waals surface area contributed by atoms with Gasteiger partial charge in [-0.05, 0) is 25.3 Å². The minimum absolute atomic E-state index is 0.0440. The highest BCUT2D eigenvalue weighted by atomic mass is 32.1. The Morgan fingerprint density at radius 2 is 2.19 bits per heavy atom. The van der Waals surface area contributed by atoms with Gasteiger partial charge in [0, 0.05) is 23.6 Å². The van der Waals surface area contributed by atoms with E-state index in [2.05, 4.69) is 10.3 Å². The monoisotopic (exact) mass is 383 g/mol. The molecule has 2 aromatic heterocycles. The van der Waals surface area contributed by atoms with Crippen molar-refractivity contribution >= 4 is 27.5 Å². The molecule has 1 fully saturated rings. The number of hydrogen-bond donors (Lipinski definition) is 1. The average Bonchev–Trinajstić information content (AvgIpc) is 3.30. The number of amides is 1. The van der Waals surface area contributed by atoms with Crippen molar-refractivity contribution in [2.45, 2.75) is 32.4 Å². The van der Waals surface area contributed by atoms with E-state index in [0.29, 0.717) is 16.8 Å². The Hall–Kier alpha value is -2.51. The van der Waals surface area contributed by atoms with Crippen LogP contribution in [0.4, 0.5) is 0 Å². The van der Waals surface area contributed by atoms with Crippen LogP contribution in [0.3, 0.4) is 0 Å². The van der Waals surface area contributed by atoms with E-state index in [-0.39, 0.29) is 24.1 Å². The van der Waals surface area contributed by atoms with Gasteiger partial charge < -0.3 is 10.1 Å². The van der Waals surface area contributed by atoms with Crippen molar-refractivity contribution in [3.05, 3.63) is 51.9 Å². The largest absolute Gasteiger partial charge is 0.376 e. The first-order valence-corrected chi connectivity index (χ1v) is 9.87. The number of thiophene rings is 1. The Labute approximate surface area is 160 Å². The number of benzene rings is 1. The van der Waals surface area contributed by atoms with Gasteiger partial charge in [-0.25, -0.2) is 4.98 Å². The van der Waals surface area contributed by atoms with Crippen LogP contribution >= 0.6 is 11.3 Å². The molecule has 7 heteroatoms. The van der Waals surface area contributed by atoms with Gasteiger partial charge in [0.25, 0.3) is 5.56 Å². The standard InChI is InChI=1S/C20H21N3O3S/c1-13-17(14-6-3-2-4-7-14)18-19(27-13)22-12-23(20(18)25)11-16(24)21-10-15-8-5-9-26-15/h2-4,6-7,12,15H,5,8-11H2,1H3,(H,21,24)/t15-/m0/s1. The quantitative estimate of drug-likeness (QED) is 0.735. The van der Waals surface area contributed by atoms with Crippen molar-refractivity contribution in [2.75, 3.05) is 13.2 Å². The highest BCUT2D eigenvalue weighted by Crippen LogP contribution is 2.35. The summed E-state index contributed by atoms with van der Waals surface area (Å²) in [6.45, 7) is 3.18. The Kier molecular flexibility index (Phi) is 5.05. The normalized spacial score (nSPS) is 16.7. The van der Waals surface area contributed by atoms with Gasteiger partial charge in [0.2, 0.25) is 5.91 Å². The van der Waals surface area contributed by atoms with Crippen molar-refractivity contribution in [2.24, 2.45) is 0 Å². The number of carbonyl (C=O) groups is 1. The van der Waals surface area contributed by atoms with Crippen molar-refractivity contribution < 1.29 is 9.53 Å². The molecule has 1 saturated heterocycles. The van der Waals surface area contributed by atoms with Gasteiger partial charge in [-0.1, -0.05) is 30.3 Å². The van der Waals surface area contributed by atoms with E-state index in [0.717, 1.165) is 35.5 Å². The first kappa shape index (κ1) is 17.9. The molecule has 1 N–H and O–H groups in total. The van der Waals surface area contributed by atoms with Gasteiger partial charge in [0.05, 0.1) is 17.8 Å². The maximum atomic E-state index is 13.1. The molecular weight excluding hydrogens is 362 g/mol. The van der Waals surface area contributed by atoms with Crippen LogP contribution < -0.4 is 10.9 Å². The van der Waals surface area contributed by atoms with E-state index >= 15 is 0 Å². The summed E-state index contributed by atoms with van der Waals surface area (Å²) in [6, 6.07) is 9.82. The lowest BCUT2D eigenvalue weighted by atomic mass is 10.0. The molecule has 0 bridgehead atoms. The molecule has 0 unspecified atom stereocenters. The molecule has 1 atom stereocenters. The summed E-state index contributed by atoms with van der Waals surface area (Å²) in [6.07, 6.45) is 3.53. The first-order chi connectivity index (χ1) is 13.1. The van der Waals surface area contributed by atoms with E-state index in [4.69, 9.17) is 4.74 Å². The number of nitrogens with one attached hydrogen (secondary N) is 1. The molecule has 6 nitrogen and oxygen atoms in total. The minimum Gasteiger partial charge on any atom is -0.376 e. The van der Waals surface area contributed by atoms with Crippen LogP contribution in [-0.2, 0) is 16.1 Å². The lowest BCUT2D eigenvalue weighted by molar-refractivity contribution is -0.122. The summed E-state index contributed by atoms with van der Waals surface area (Å²) in [5, 5.41) is 3.43. The number of rotatable bonds is 5. The average molecular weight is 383 g/mol. The van der Waals surface area contributed by atoms with Crippen molar-refractivity contribution in [3.63, 3.8) is 0 Å². The second-order valence-electron chi connectivity index (χ2n) is 6.70. The second kappa shape index (κ2) is 7.62. The summed E-state index contributed by atoms with van der Waals surface area (Å²) in [5.74, 6) is -0.207. The van der Waals surface area contributed by atoms with Crippen LogP contribution in [0, 0.1) is 6.92 Å². The van der Waals surface area contributed by atoms with Gasteiger partial charge >= 0.3 is 0 Å². The Bertz CT molecular complexity index is 1020. The van der Waals surface area contributed by atoms with E-state index in [1.165, 1.54) is 22.2 Å². The number of fused-ring (bicyclic) bond motifs is 1. The van der Waals surface area contributed by atoms with Crippen molar-refractivity contribution in [1.29, 1.82) is 0 Å². The topological polar surface area (TPSA) is 73.2 Å². The van der Waals surface area contributed by atoms with Crippen LogP contribution in [0.1, 0.15) is 17.7 Å². The molecule has 0 aliphatic carbocycles. The fourth-order valence-electron chi connectivity index (χ4n) is 3.45. The molecule has 1 aliphatic heterocycles. The molecule has 4 rings (SSSR count). The third kappa shape index (κ3) is 3.65. The lowest BCUT2D eigenvalue weighted by Gasteiger charge is -2.11. The number of nitrogens with zero attached hydrogens (tertiary/aromatic N) is 2. The molecule has 1 amide bonds. The summed E-state index contributed by atoms with van der Waals surface area (Å²) < 4.78 is 6.89. The van der Waals surface area contributed by atoms with Crippen LogP contribution in [-0.4, -0.2) is 34.7 Å². The zero-order valence-electron chi connectivity index (χ0n) is 15.1. The Morgan fingerprint density at radius 1 is 1.37 bits per heavy atom. The van der Waals surface area contributed by atoms with Crippen LogP contribution in [0.25, 0.3) is 21.3 Å². The number of ether oxygens (including phenoxy) is 1. The predicted molar refractivity (Wildman–Crippen MR) is 106 cm³/mol. The molecule has 140 valence electrons. The summed E-state index contributed by atoms with van der Waals surface area (Å²) in [7, 11) is 0. The maximum absolute atomic E-state index is 13.1. The van der Waals surface area contributed by atoms with Gasteiger partial charge in [-0.2, -0.15) is 0 Å². The Balaban J connectivity index is 1.62. The van der Waals surface area contributed by atoms with Crippen molar-refractivity contribution in [1.82, 2.24) is 14.9 Å². The highest BCUT2D eigenvalue weighted by molar-refractivity contribution is 7.19. The molecule has 0 spiro atoms. The number of carbonyl (C=O) groups excluding carboxylic acids is 1. The minimum atomic E-state index is -0.207. The number of aryl methyl sites for hydroxylation is 1. The van der Waals surface area contributed by atoms with E-state index in [1.807, 2.05) is 37.3 Å². The summed E-state index contributed by atoms with van der Waals surface area (Å²) in [5.41, 5.74) is 1.71. The molecule has 27 heavy (non-hydrogen) atoms. The van der Waals surface area contributed by atoms with Gasteiger partial charge in [-0.15, -0.1) is 11.3 Å². The SMILES string of the molecule is Cc1sc2ncn(CC(=O)NC[C@@H]3CCCO3)c(=O)c2c1-c1ccccc1. The molecule has 0 radical (unpaired) electrons. The zero-order valence-corrected chi connectivity index (χ0v) is 15.9. The van der Waals surface area contributed by atoms with Crippen molar-refractivity contribution in [3.8, 4) is 11.1 Å². The van der Waals surface area contributed by atoms with Crippen LogP contribution in [0.2, 0.25) is 0 Å². The van der Waals surface area contributed by atoms with Crippen LogP contribution in [0.5, 0.6) is 0 Å². The fraction of sp³-hybridized carbons (Fsp3) is 0.350. The van der Waals surface area contributed by atoms with Gasteiger partial charge in [0.1, 0.15) is 11.4 Å². The van der Waals surface area contributed by atoms with E-state index in [1.54, 1.807) is 0 Å². The molecule has 1 aliphatic rings.